The second-order valence-electron chi connectivity index (χ2n) is 7.15. The molecule has 0 heterocycles. The van der Waals surface area contributed by atoms with E-state index >= 15 is 0 Å². The first-order valence-electron chi connectivity index (χ1n) is 9.88. The Bertz CT molecular complexity index is 755. The first kappa shape index (κ1) is 21.8. The molecule has 0 aliphatic carbocycles. The fourth-order valence-electron chi connectivity index (χ4n) is 3.04. The zero-order chi connectivity index (χ0) is 20.7. The summed E-state index contributed by atoms with van der Waals surface area (Å²) in [6.45, 7) is 8.46. The summed E-state index contributed by atoms with van der Waals surface area (Å²) in [7, 11) is 5.85. The minimum atomic E-state index is 0.0751. The van der Waals surface area contributed by atoms with Crippen LogP contribution in [0.2, 0.25) is 0 Å². The van der Waals surface area contributed by atoms with Crippen molar-refractivity contribution in [3.63, 3.8) is 0 Å². The Kier molecular flexibility index (Phi) is 7.88. The molecule has 0 bridgehead atoms. The topological polar surface area (TPSA) is 36.0 Å². The normalized spacial score (nSPS) is 12.0. The molecule has 1 atom stereocenters. The van der Waals surface area contributed by atoms with Crippen LogP contribution in [0.15, 0.2) is 48.5 Å². The maximum absolute atomic E-state index is 12.6. The van der Waals surface area contributed by atoms with Gasteiger partial charge in [0.2, 0.25) is 0 Å². The van der Waals surface area contributed by atoms with Gasteiger partial charge in [-0.2, -0.15) is 0 Å². The van der Waals surface area contributed by atoms with Crippen molar-refractivity contribution in [2.75, 3.05) is 45.7 Å². The number of hydrogen-bond donors (Lipinski definition) is 0. The Labute approximate surface area is 169 Å². The Balaban J connectivity index is 2.36. The fourth-order valence-corrected chi connectivity index (χ4v) is 3.04. The maximum Gasteiger partial charge on any atom is 0.253 e. The molecule has 0 aliphatic rings. The van der Waals surface area contributed by atoms with Gasteiger partial charge in [-0.25, -0.2) is 0 Å². The Morgan fingerprint density at radius 1 is 1.00 bits per heavy atom. The van der Waals surface area contributed by atoms with E-state index in [4.69, 9.17) is 4.74 Å². The summed E-state index contributed by atoms with van der Waals surface area (Å²) in [6, 6.07) is 16.3. The maximum atomic E-state index is 12.6. The summed E-state index contributed by atoms with van der Waals surface area (Å²) in [5.74, 6) is 0.902. The first-order chi connectivity index (χ1) is 13.4. The van der Waals surface area contributed by atoms with Crippen molar-refractivity contribution >= 4 is 17.3 Å². The second kappa shape index (κ2) is 10.1. The number of likely N-dealkylation sites (N-methyl/N-ethyl adjacent to an activating group) is 1. The molecule has 0 saturated carbocycles. The molecule has 5 nitrogen and oxygen atoms in total. The number of hydrogen-bond acceptors (Lipinski definition) is 4. The molecular formula is C23H33N3O2. The molecule has 1 amide bonds. The molecule has 2 rings (SSSR count). The van der Waals surface area contributed by atoms with Crippen LogP contribution in [0.4, 0.5) is 11.4 Å². The summed E-state index contributed by atoms with van der Waals surface area (Å²) >= 11 is 0. The van der Waals surface area contributed by atoms with Gasteiger partial charge in [0.15, 0.2) is 0 Å². The van der Waals surface area contributed by atoms with Gasteiger partial charge in [0.25, 0.3) is 5.91 Å². The molecule has 28 heavy (non-hydrogen) atoms. The van der Waals surface area contributed by atoms with E-state index in [0.29, 0.717) is 19.1 Å². The molecule has 0 N–H and O–H groups in total. The predicted molar refractivity (Wildman–Crippen MR) is 117 cm³/mol. The van der Waals surface area contributed by atoms with Gasteiger partial charge in [0, 0.05) is 48.7 Å². The summed E-state index contributed by atoms with van der Waals surface area (Å²) < 4.78 is 5.41. The molecule has 5 heteroatoms. The number of nitrogens with zero attached hydrogens (tertiary/aromatic N) is 3. The van der Waals surface area contributed by atoms with E-state index in [-0.39, 0.29) is 5.91 Å². The van der Waals surface area contributed by atoms with Crippen LogP contribution in [0.5, 0.6) is 5.75 Å². The van der Waals surface area contributed by atoms with E-state index in [1.54, 1.807) is 7.11 Å². The van der Waals surface area contributed by atoms with Crippen molar-refractivity contribution in [1.82, 2.24) is 9.80 Å². The lowest BCUT2D eigenvalue weighted by molar-refractivity contribution is 0.0773. The molecule has 0 saturated heterocycles. The molecule has 0 spiro atoms. The molecular weight excluding hydrogens is 350 g/mol. The second-order valence-corrected chi connectivity index (χ2v) is 7.15. The van der Waals surface area contributed by atoms with Gasteiger partial charge in [-0.3, -0.25) is 4.79 Å². The smallest absolute Gasteiger partial charge is 0.253 e. The largest absolute Gasteiger partial charge is 0.497 e. The van der Waals surface area contributed by atoms with Crippen LogP contribution in [0.1, 0.15) is 31.1 Å². The van der Waals surface area contributed by atoms with Crippen LogP contribution in [0, 0.1) is 0 Å². The molecule has 0 aromatic heterocycles. The van der Waals surface area contributed by atoms with E-state index in [1.807, 2.05) is 61.2 Å². The highest BCUT2D eigenvalue weighted by molar-refractivity contribution is 5.94. The number of ether oxygens (including phenoxy) is 1. The molecule has 2 aromatic rings. The lowest BCUT2D eigenvalue weighted by Crippen LogP contribution is -2.36. The highest BCUT2D eigenvalue weighted by Gasteiger charge is 2.17. The Morgan fingerprint density at radius 3 is 2.18 bits per heavy atom. The monoisotopic (exact) mass is 383 g/mol. The Hall–Kier alpha value is -2.53. The van der Waals surface area contributed by atoms with E-state index < -0.39 is 0 Å². The molecule has 0 aliphatic heterocycles. The van der Waals surface area contributed by atoms with E-state index in [9.17, 15) is 4.79 Å². The van der Waals surface area contributed by atoms with Crippen molar-refractivity contribution < 1.29 is 9.53 Å². The number of rotatable bonds is 9. The predicted octanol–water partition coefficient (Wildman–Crippen LogP) is 4.27. The molecule has 2 aromatic carbocycles. The summed E-state index contributed by atoms with van der Waals surface area (Å²) in [6.07, 6.45) is 0. The minimum Gasteiger partial charge on any atom is -0.497 e. The number of benzene rings is 2. The number of amides is 1. The zero-order valence-corrected chi connectivity index (χ0v) is 18.0. The molecule has 0 fully saturated rings. The van der Waals surface area contributed by atoms with E-state index in [1.165, 1.54) is 0 Å². The average molecular weight is 384 g/mol. The van der Waals surface area contributed by atoms with Gasteiger partial charge in [-0.05, 0) is 71.3 Å². The fraction of sp³-hybridized carbons (Fsp3) is 0.435. The van der Waals surface area contributed by atoms with Gasteiger partial charge in [0.05, 0.1) is 7.11 Å². The first-order valence-corrected chi connectivity index (χ1v) is 9.88. The van der Waals surface area contributed by atoms with Crippen LogP contribution in [-0.2, 0) is 0 Å². The van der Waals surface area contributed by atoms with Crippen molar-refractivity contribution in [1.29, 1.82) is 0 Å². The third-order valence-electron chi connectivity index (χ3n) is 5.17. The number of carbonyl (C=O) groups excluding carboxylic acids is 1. The van der Waals surface area contributed by atoms with Gasteiger partial charge in [-0.15, -0.1) is 0 Å². The summed E-state index contributed by atoms with van der Waals surface area (Å²) in [5.41, 5.74) is 2.84. The standard InChI is InChI=1S/C23H33N3O2/c1-7-25(8-2)23(27)19-12-14-20(15-13-19)26(17-18(3)24(4)5)21-10-9-11-22(16-21)28-6/h9-16,18H,7-8,17H2,1-6H3. The Morgan fingerprint density at radius 2 is 1.64 bits per heavy atom. The van der Waals surface area contributed by atoms with Gasteiger partial charge in [-0.1, -0.05) is 6.07 Å². The van der Waals surface area contributed by atoms with Crippen molar-refractivity contribution in [3.8, 4) is 5.75 Å². The zero-order valence-electron chi connectivity index (χ0n) is 18.0. The highest BCUT2D eigenvalue weighted by atomic mass is 16.5. The lowest BCUT2D eigenvalue weighted by atomic mass is 10.1. The van der Waals surface area contributed by atoms with Gasteiger partial charge < -0.3 is 19.4 Å². The van der Waals surface area contributed by atoms with E-state index in [2.05, 4.69) is 36.9 Å². The number of anilines is 2. The van der Waals surface area contributed by atoms with Gasteiger partial charge >= 0.3 is 0 Å². The van der Waals surface area contributed by atoms with Crippen molar-refractivity contribution in [3.05, 3.63) is 54.1 Å². The highest BCUT2D eigenvalue weighted by Crippen LogP contribution is 2.29. The quantitative estimate of drug-likeness (QED) is 0.648. The number of methoxy groups -OCH3 is 1. The van der Waals surface area contributed by atoms with E-state index in [0.717, 1.165) is 29.2 Å². The molecule has 0 radical (unpaired) electrons. The molecule has 152 valence electrons. The van der Waals surface area contributed by atoms with Crippen LogP contribution in [0.25, 0.3) is 0 Å². The van der Waals surface area contributed by atoms with Crippen LogP contribution >= 0.6 is 0 Å². The SMILES string of the molecule is CCN(CC)C(=O)c1ccc(N(CC(C)N(C)C)c2cccc(OC)c2)cc1. The van der Waals surface area contributed by atoms with Crippen LogP contribution in [-0.4, -0.2) is 62.6 Å². The number of carbonyl (C=O) groups is 1. The minimum absolute atomic E-state index is 0.0751. The van der Waals surface area contributed by atoms with Gasteiger partial charge in [0.1, 0.15) is 5.75 Å². The molecule has 1 unspecified atom stereocenters. The third kappa shape index (κ3) is 5.26. The lowest BCUT2D eigenvalue weighted by Gasteiger charge is -2.31. The van der Waals surface area contributed by atoms with Crippen LogP contribution < -0.4 is 9.64 Å². The van der Waals surface area contributed by atoms with Crippen LogP contribution in [0.3, 0.4) is 0 Å². The van der Waals surface area contributed by atoms with Crippen molar-refractivity contribution in [2.45, 2.75) is 26.8 Å². The summed E-state index contributed by atoms with van der Waals surface area (Å²) in [4.78, 5) is 18.9. The summed E-state index contributed by atoms with van der Waals surface area (Å²) in [5, 5.41) is 0. The average Bonchev–Trinajstić information content (AvgIpc) is 2.72. The third-order valence-corrected chi connectivity index (χ3v) is 5.17. The van der Waals surface area contributed by atoms with Crippen molar-refractivity contribution in [2.24, 2.45) is 0 Å².